The lowest BCUT2D eigenvalue weighted by Gasteiger charge is -2.28. The summed E-state index contributed by atoms with van der Waals surface area (Å²) < 4.78 is 5.49. The third-order valence-electron chi connectivity index (χ3n) is 2.06. The molecule has 0 bridgehead atoms. The van der Waals surface area contributed by atoms with Crippen molar-refractivity contribution in [3.63, 3.8) is 0 Å². The molecular weight excluding hydrogens is 218 g/mol. The number of halogens is 3. The molecule has 3 atom stereocenters. The van der Waals surface area contributed by atoms with Crippen molar-refractivity contribution in [1.82, 2.24) is 0 Å². The monoisotopic (exact) mass is 230 g/mol. The van der Waals surface area contributed by atoms with Crippen LogP contribution in [0.3, 0.4) is 0 Å². The number of rotatable bonds is 3. The smallest absolute Gasteiger partial charge is 0.0773 e. The number of ether oxygens (including phenoxy) is 1. The van der Waals surface area contributed by atoms with Crippen molar-refractivity contribution in [2.24, 2.45) is 0 Å². The fourth-order valence-corrected chi connectivity index (χ4v) is 2.07. The van der Waals surface area contributed by atoms with Crippen LogP contribution >= 0.6 is 34.8 Å². The molecule has 72 valence electrons. The second-order valence-corrected chi connectivity index (χ2v) is 4.39. The Morgan fingerprint density at radius 1 is 1.33 bits per heavy atom. The highest BCUT2D eigenvalue weighted by molar-refractivity contribution is 6.34. The molecule has 0 radical (unpaired) electrons. The highest BCUT2D eigenvalue weighted by Gasteiger charge is 2.27. The molecule has 0 N–H and O–H groups in total. The van der Waals surface area contributed by atoms with E-state index in [1.165, 1.54) is 6.42 Å². The van der Waals surface area contributed by atoms with Crippen molar-refractivity contribution in [1.29, 1.82) is 0 Å². The van der Waals surface area contributed by atoms with Crippen LogP contribution in [0.15, 0.2) is 0 Å². The maximum absolute atomic E-state index is 6.07. The van der Waals surface area contributed by atoms with Crippen LogP contribution in [0.2, 0.25) is 0 Å². The molecule has 12 heavy (non-hydrogen) atoms. The molecule has 1 rings (SSSR count). The minimum Gasteiger partial charge on any atom is -0.377 e. The average Bonchev–Trinajstić information content (AvgIpc) is 2.17. The van der Waals surface area contributed by atoms with Gasteiger partial charge >= 0.3 is 0 Å². The van der Waals surface area contributed by atoms with Crippen LogP contribution in [-0.4, -0.2) is 29.3 Å². The Morgan fingerprint density at radius 3 is 2.58 bits per heavy atom. The molecule has 1 fully saturated rings. The second kappa shape index (κ2) is 5.54. The SMILES string of the molecule is ClCC(Cl)C(Cl)C1CCCCO1. The molecule has 1 saturated heterocycles. The zero-order valence-corrected chi connectivity index (χ0v) is 9.08. The maximum atomic E-state index is 6.07. The number of hydrogen-bond acceptors (Lipinski definition) is 1. The van der Waals surface area contributed by atoms with Crippen LogP contribution in [0, 0.1) is 0 Å². The van der Waals surface area contributed by atoms with Crippen molar-refractivity contribution in [2.75, 3.05) is 12.5 Å². The van der Waals surface area contributed by atoms with Crippen LogP contribution in [0.4, 0.5) is 0 Å². The average molecular weight is 232 g/mol. The first-order valence-corrected chi connectivity index (χ1v) is 5.62. The largest absolute Gasteiger partial charge is 0.377 e. The molecule has 1 nitrogen and oxygen atoms in total. The van der Waals surface area contributed by atoms with Gasteiger partial charge in [-0.25, -0.2) is 0 Å². The van der Waals surface area contributed by atoms with E-state index in [9.17, 15) is 0 Å². The zero-order chi connectivity index (χ0) is 8.97. The van der Waals surface area contributed by atoms with Crippen molar-refractivity contribution in [3.8, 4) is 0 Å². The summed E-state index contributed by atoms with van der Waals surface area (Å²) in [6.07, 6.45) is 3.42. The molecule has 3 unspecified atom stereocenters. The molecule has 0 aromatic carbocycles. The molecule has 0 aromatic heterocycles. The van der Waals surface area contributed by atoms with E-state index in [2.05, 4.69) is 0 Å². The Hall–Kier alpha value is 0.830. The van der Waals surface area contributed by atoms with Gasteiger partial charge in [0.25, 0.3) is 0 Å². The van der Waals surface area contributed by atoms with E-state index in [1.807, 2.05) is 0 Å². The Kier molecular flexibility index (Phi) is 5.03. The van der Waals surface area contributed by atoms with Gasteiger partial charge in [0.2, 0.25) is 0 Å². The summed E-state index contributed by atoms with van der Waals surface area (Å²) in [5.74, 6) is 0.385. The van der Waals surface area contributed by atoms with Crippen molar-refractivity contribution in [3.05, 3.63) is 0 Å². The van der Waals surface area contributed by atoms with Gasteiger partial charge in [0.15, 0.2) is 0 Å². The summed E-state index contributed by atoms with van der Waals surface area (Å²) >= 11 is 17.6. The molecule has 1 heterocycles. The second-order valence-electron chi connectivity index (χ2n) is 3.02. The molecule has 0 saturated carbocycles. The highest BCUT2D eigenvalue weighted by atomic mass is 35.5. The van der Waals surface area contributed by atoms with Gasteiger partial charge in [-0.05, 0) is 19.3 Å². The first kappa shape index (κ1) is 10.9. The molecule has 0 amide bonds. The third-order valence-corrected chi connectivity index (χ3v) is 3.69. The van der Waals surface area contributed by atoms with Gasteiger partial charge in [-0.2, -0.15) is 0 Å². The lowest BCUT2D eigenvalue weighted by Crippen LogP contribution is -2.35. The molecule has 1 aliphatic heterocycles. The molecule has 0 aliphatic carbocycles. The third kappa shape index (κ3) is 2.95. The van der Waals surface area contributed by atoms with E-state index in [0.717, 1.165) is 19.4 Å². The lowest BCUT2D eigenvalue weighted by molar-refractivity contribution is 0.0141. The summed E-state index contributed by atoms with van der Waals surface area (Å²) in [5, 5.41) is -0.333. The fourth-order valence-electron chi connectivity index (χ4n) is 1.33. The summed E-state index contributed by atoms with van der Waals surface area (Å²) in [5.41, 5.74) is 0. The van der Waals surface area contributed by atoms with Gasteiger partial charge in [0.1, 0.15) is 0 Å². The Labute approximate surface area is 88.3 Å². The van der Waals surface area contributed by atoms with Gasteiger partial charge < -0.3 is 4.74 Å². The summed E-state index contributed by atoms with van der Waals surface area (Å²) in [7, 11) is 0. The van der Waals surface area contributed by atoms with Gasteiger partial charge in [0.05, 0.1) is 16.9 Å². The summed E-state index contributed by atoms with van der Waals surface area (Å²) in [6.45, 7) is 0.805. The Morgan fingerprint density at radius 2 is 2.08 bits per heavy atom. The minimum atomic E-state index is -0.184. The first-order valence-electron chi connectivity index (χ1n) is 4.21. The molecule has 0 aromatic rings. The predicted molar refractivity (Wildman–Crippen MR) is 53.6 cm³/mol. The van der Waals surface area contributed by atoms with E-state index in [-0.39, 0.29) is 16.9 Å². The van der Waals surface area contributed by atoms with Crippen molar-refractivity contribution in [2.45, 2.75) is 36.1 Å². The normalized spacial score (nSPS) is 29.8. The first-order chi connectivity index (χ1) is 5.75. The topological polar surface area (TPSA) is 9.23 Å². The van der Waals surface area contributed by atoms with E-state index in [4.69, 9.17) is 39.5 Å². The van der Waals surface area contributed by atoms with Crippen molar-refractivity contribution < 1.29 is 4.74 Å². The van der Waals surface area contributed by atoms with Crippen LogP contribution in [-0.2, 0) is 4.74 Å². The lowest BCUT2D eigenvalue weighted by atomic mass is 10.0. The molecular formula is C8H13Cl3O. The van der Waals surface area contributed by atoms with E-state index >= 15 is 0 Å². The van der Waals surface area contributed by atoms with Gasteiger partial charge in [-0.3, -0.25) is 0 Å². The van der Waals surface area contributed by atoms with E-state index in [0.29, 0.717) is 5.88 Å². The van der Waals surface area contributed by atoms with Gasteiger partial charge in [-0.1, -0.05) is 0 Å². The standard InChI is InChI=1S/C8H13Cl3O/c9-5-6(10)8(11)7-3-1-2-4-12-7/h6-8H,1-5H2. The quantitative estimate of drug-likeness (QED) is 0.679. The van der Waals surface area contributed by atoms with Crippen LogP contribution in [0.5, 0.6) is 0 Å². The maximum Gasteiger partial charge on any atom is 0.0773 e. The molecule has 0 spiro atoms. The van der Waals surface area contributed by atoms with E-state index < -0.39 is 0 Å². The van der Waals surface area contributed by atoms with Crippen molar-refractivity contribution >= 4 is 34.8 Å². The predicted octanol–water partition coefficient (Wildman–Crippen LogP) is 3.01. The zero-order valence-electron chi connectivity index (χ0n) is 6.81. The fraction of sp³-hybridized carbons (Fsp3) is 1.00. The summed E-state index contributed by atoms with van der Waals surface area (Å²) in [4.78, 5) is 0. The van der Waals surface area contributed by atoms with Crippen LogP contribution < -0.4 is 0 Å². The number of alkyl halides is 3. The number of hydrogen-bond donors (Lipinski definition) is 0. The van der Waals surface area contributed by atoms with Gasteiger partial charge in [0, 0.05) is 12.5 Å². The van der Waals surface area contributed by atoms with Crippen LogP contribution in [0.25, 0.3) is 0 Å². The summed E-state index contributed by atoms with van der Waals surface area (Å²) in [6, 6.07) is 0. The molecule has 4 heteroatoms. The minimum absolute atomic E-state index is 0.0988. The Bertz CT molecular complexity index is 125. The Balaban J connectivity index is 2.33. The van der Waals surface area contributed by atoms with Gasteiger partial charge in [-0.15, -0.1) is 34.8 Å². The van der Waals surface area contributed by atoms with E-state index in [1.54, 1.807) is 0 Å². The highest BCUT2D eigenvalue weighted by Crippen LogP contribution is 2.24. The van der Waals surface area contributed by atoms with Crippen LogP contribution in [0.1, 0.15) is 19.3 Å². The molecule has 1 aliphatic rings.